The van der Waals surface area contributed by atoms with Crippen LogP contribution < -0.4 is 0 Å². The van der Waals surface area contributed by atoms with Gasteiger partial charge in [0.15, 0.2) is 0 Å². The van der Waals surface area contributed by atoms with E-state index in [1.807, 2.05) is 19.1 Å². The summed E-state index contributed by atoms with van der Waals surface area (Å²) in [6.07, 6.45) is 17.5. The van der Waals surface area contributed by atoms with E-state index >= 15 is 0 Å². The molecule has 2 fully saturated rings. The SMILES string of the molecule is CCCCC[C@H]1CC[C@H]([C@H]2CC[C@H](C#Cc3ccc(CC)c(F)c3)CC2)CC1. The largest absolute Gasteiger partial charge is 0.207 e. The van der Waals surface area contributed by atoms with Gasteiger partial charge < -0.3 is 0 Å². The Balaban J connectivity index is 1.41. The van der Waals surface area contributed by atoms with Crippen molar-refractivity contribution < 1.29 is 4.39 Å². The van der Waals surface area contributed by atoms with Crippen LogP contribution in [0, 0.1) is 41.3 Å². The molecule has 0 unspecified atom stereocenters. The number of rotatable bonds is 6. The highest BCUT2D eigenvalue weighted by molar-refractivity contribution is 5.37. The summed E-state index contributed by atoms with van der Waals surface area (Å²) in [4.78, 5) is 0. The van der Waals surface area contributed by atoms with E-state index in [1.165, 1.54) is 77.0 Å². The van der Waals surface area contributed by atoms with Crippen molar-refractivity contribution in [2.75, 3.05) is 0 Å². The number of unbranched alkanes of at least 4 members (excludes halogenated alkanes) is 2. The second kappa shape index (κ2) is 11.0. The highest BCUT2D eigenvalue weighted by Crippen LogP contribution is 2.42. The van der Waals surface area contributed by atoms with Crippen LogP contribution in [0.3, 0.4) is 0 Å². The molecule has 0 heterocycles. The smallest absolute Gasteiger partial charge is 0.127 e. The molecule has 0 atom stereocenters. The Hall–Kier alpha value is -1.29. The van der Waals surface area contributed by atoms with Crippen LogP contribution in [0.2, 0.25) is 0 Å². The molecule has 0 N–H and O–H groups in total. The molecular formula is C27H39F. The molecule has 0 radical (unpaired) electrons. The van der Waals surface area contributed by atoms with Crippen LogP contribution in [-0.4, -0.2) is 0 Å². The molecule has 0 amide bonds. The lowest BCUT2D eigenvalue weighted by Gasteiger charge is -2.37. The molecule has 0 bridgehead atoms. The van der Waals surface area contributed by atoms with Crippen molar-refractivity contribution in [3.63, 3.8) is 0 Å². The van der Waals surface area contributed by atoms with E-state index < -0.39 is 0 Å². The summed E-state index contributed by atoms with van der Waals surface area (Å²) in [6, 6.07) is 5.46. The molecular weight excluding hydrogens is 343 g/mol. The van der Waals surface area contributed by atoms with Crippen LogP contribution in [-0.2, 0) is 6.42 Å². The fraction of sp³-hybridized carbons (Fsp3) is 0.704. The first-order chi connectivity index (χ1) is 13.7. The normalized spacial score (nSPS) is 27.8. The first-order valence-corrected chi connectivity index (χ1v) is 12.0. The molecule has 2 aliphatic carbocycles. The van der Waals surface area contributed by atoms with Gasteiger partial charge >= 0.3 is 0 Å². The fourth-order valence-corrected chi connectivity index (χ4v) is 5.46. The van der Waals surface area contributed by atoms with E-state index in [4.69, 9.17) is 0 Å². The predicted molar refractivity (Wildman–Crippen MR) is 118 cm³/mol. The summed E-state index contributed by atoms with van der Waals surface area (Å²) >= 11 is 0. The molecule has 1 aromatic carbocycles. The van der Waals surface area contributed by atoms with Gasteiger partial charge in [0.1, 0.15) is 5.82 Å². The molecule has 154 valence electrons. The minimum Gasteiger partial charge on any atom is -0.207 e. The Kier molecular flexibility index (Phi) is 8.44. The molecule has 0 saturated heterocycles. The van der Waals surface area contributed by atoms with Crippen molar-refractivity contribution >= 4 is 0 Å². The van der Waals surface area contributed by atoms with Crippen molar-refractivity contribution in [1.82, 2.24) is 0 Å². The lowest BCUT2D eigenvalue weighted by atomic mass is 9.69. The minimum absolute atomic E-state index is 0.108. The first kappa shape index (κ1) is 21.4. The summed E-state index contributed by atoms with van der Waals surface area (Å²) in [5.74, 6) is 10.0. The zero-order chi connectivity index (χ0) is 19.8. The summed E-state index contributed by atoms with van der Waals surface area (Å²) in [5, 5.41) is 0. The number of benzene rings is 1. The first-order valence-electron chi connectivity index (χ1n) is 12.0. The van der Waals surface area contributed by atoms with E-state index in [2.05, 4.69) is 18.8 Å². The van der Waals surface area contributed by atoms with Gasteiger partial charge in [0, 0.05) is 11.5 Å². The average molecular weight is 383 g/mol. The van der Waals surface area contributed by atoms with Crippen molar-refractivity contribution in [2.45, 2.75) is 97.3 Å². The summed E-state index contributed by atoms with van der Waals surface area (Å²) in [7, 11) is 0. The number of hydrogen-bond acceptors (Lipinski definition) is 0. The zero-order valence-electron chi connectivity index (χ0n) is 18.1. The summed E-state index contributed by atoms with van der Waals surface area (Å²) in [6.45, 7) is 4.29. The predicted octanol–water partition coefficient (Wildman–Crippen LogP) is 7.93. The Morgan fingerprint density at radius 2 is 1.57 bits per heavy atom. The van der Waals surface area contributed by atoms with E-state index in [-0.39, 0.29) is 5.82 Å². The second-order valence-electron chi connectivity index (χ2n) is 9.32. The van der Waals surface area contributed by atoms with E-state index in [0.717, 1.165) is 35.3 Å². The van der Waals surface area contributed by atoms with Gasteiger partial charge in [0.05, 0.1) is 0 Å². The lowest BCUT2D eigenvalue weighted by molar-refractivity contribution is 0.153. The van der Waals surface area contributed by atoms with Crippen molar-refractivity contribution in [1.29, 1.82) is 0 Å². The van der Waals surface area contributed by atoms with E-state index in [1.54, 1.807) is 6.07 Å². The lowest BCUT2D eigenvalue weighted by Crippen LogP contribution is -2.25. The molecule has 2 saturated carbocycles. The highest BCUT2D eigenvalue weighted by atomic mass is 19.1. The van der Waals surface area contributed by atoms with Gasteiger partial charge in [-0.05, 0) is 80.4 Å². The summed E-state index contributed by atoms with van der Waals surface area (Å²) < 4.78 is 13.9. The monoisotopic (exact) mass is 382 g/mol. The maximum atomic E-state index is 13.9. The van der Waals surface area contributed by atoms with Crippen molar-refractivity contribution in [3.05, 3.63) is 35.1 Å². The van der Waals surface area contributed by atoms with Crippen LogP contribution in [0.25, 0.3) is 0 Å². The molecule has 1 heteroatoms. The molecule has 0 aromatic heterocycles. The Bertz CT molecular complexity index is 649. The standard InChI is InChI=1S/C27H39F/c1-3-5-6-7-21-10-16-25(17-11-21)26-18-12-22(13-19-26)8-9-23-14-15-24(4-2)27(28)20-23/h14-15,20-22,25-26H,3-7,10-13,16-19H2,1-2H3/t21-,22-,25-,26-. The zero-order valence-corrected chi connectivity index (χ0v) is 18.1. The minimum atomic E-state index is -0.108. The maximum Gasteiger partial charge on any atom is 0.127 e. The third-order valence-corrected chi connectivity index (χ3v) is 7.40. The van der Waals surface area contributed by atoms with Crippen LogP contribution in [0.15, 0.2) is 18.2 Å². The van der Waals surface area contributed by atoms with Gasteiger partial charge in [0.25, 0.3) is 0 Å². The number of halogens is 1. The van der Waals surface area contributed by atoms with Gasteiger partial charge in [0.2, 0.25) is 0 Å². The molecule has 2 aliphatic rings. The van der Waals surface area contributed by atoms with Gasteiger partial charge in [-0.3, -0.25) is 0 Å². The van der Waals surface area contributed by atoms with E-state index in [0.29, 0.717) is 5.92 Å². The molecule has 0 spiro atoms. The Morgan fingerprint density at radius 1 is 0.893 bits per heavy atom. The molecule has 0 nitrogen and oxygen atoms in total. The van der Waals surface area contributed by atoms with Crippen molar-refractivity contribution in [3.8, 4) is 11.8 Å². The number of hydrogen-bond donors (Lipinski definition) is 0. The van der Waals surface area contributed by atoms with E-state index in [9.17, 15) is 4.39 Å². The van der Waals surface area contributed by atoms with Crippen LogP contribution >= 0.6 is 0 Å². The average Bonchev–Trinajstić information content (AvgIpc) is 2.73. The van der Waals surface area contributed by atoms with Crippen LogP contribution in [0.1, 0.15) is 102 Å². The van der Waals surface area contributed by atoms with Gasteiger partial charge in [-0.1, -0.05) is 70.3 Å². The van der Waals surface area contributed by atoms with Crippen LogP contribution in [0.5, 0.6) is 0 Å². The van der Waals surface area contributed by atoms with Crippen molar-refractivity contribution in [2.24, 2.45) is 23.7 Å². The molecule has 1 aromatic rings. The Morgan fingerprint density at radius 3 is 2.18 bits per heavy atom. The van der Waals surface area contributed by atoms with Gasteiger partial charge in [-0.15, -0.1) is 0 Å². The number of aryl methyl sites for hydroxylation is 1. The van der Waals surface area contributed by atoms with Gasteiger partial charge in [-0.25, -0.2) is 4.39 Å². The summed E-state index contributed by atoms with van der Waals surface area (Å²) in [5.41, 5.74) is 1.62. The third-order valence-electron chi connectivity index (χ3n) is 7.40. The highest BCUT2D eigenvalue weighted by Gasteiger charge is 2.30. The Labute approximate surface area is 172 Å². The third kappa shape index (κ3) is 6.10. The fourth-order valence-electron chi connectivity index (χ4n) is 5.46. The second-order valence-corrected chi connectivity index (χ2v) is 9.32. The maximum absolute atomic E-state index is 13.9. The molecule has 0 aliphatic heterocycles. The van der Waals surface area contributed by atoms with Crippen LogP contribution in [0.4, 0.5) is 4.39 Å². The molecule has 28 heavy (non-hydrogen) atoms. The topological polar surface area (TPSA) is 0 Å². The molecule has 3 rings (SSSR count). The quantitative estimate of drug-likeness (QED) is 0.346. The van der Waals surface area contributed by atoms with Gasteiger partial charge in [-0.2, -0.15) is 0 Å².